The third-order valence-electron chi connectivity index (χ3n) is 3.97. The minimum atomic E-state index is -3.83. The first-order valence-electron chi connectivity index (χ1n) is 7.89. The van der Waals surface area contributed by atoms with Crippen molar-refractivity contribution in [3.63, 3.8) is 0 Å². The number of benzene rings is 1. The molecule has 0 unspecified atom stereocenters. The predicted molar refractivity (Wildman–Crippen MR) is 92.6 cm³/mol. The molecule has 12 heteroatoms. The fourth-order valence-electron chi connectivity index (χ4n) is 2.51. The van der Waals surface area contributed by atoms with Gasteiger partial charge in [0.05, 0.1) is 9.82 Å². The topological polar surface area (TPSA) is 132 Å². The summed E-state index contributed by atoms with van der Waals surface area (Å²) in [5, 5.41) is 24.2. The maximum atomic E-state index is 12.3. The molecule has 10 nitrogen and oxygen atoms in total. The van der Waals surface area contributed by atoms with Crippen LogP contribution in [0.5, 0.6) is 0 Å². The second-order valence-corrected chi connectivity index (χ2v) is 8.73. The number of nitro benzene ring substituents is 1. The molecule has 2 heterocycles. The van der Waals surface area contributed by atoms with Crippen LogP contribution >= 0.6 is 11.3 Å². The summed E-state index contributed by atoms with van der Waals surface area (Å²) in [5.41, 5.74) is -0.269. The molecule has 4 rings (SSSR count). The van der Waals surface area contributed by atoms with Crippen molar-refractivity contribution in [1.29, 1.82) is 0 Å². The summed E-state index contributed by atoms with van der Waals surface area (Å²) in [5.74, 6) is 1.28. The number of non-ortho nitro benzene ring substituents is 1. The minimum Gasteiger partial charge on any atom is -0.258 e. The van der Waals surface area contributed by atoms with Crippen LogP contribution in [0.3, 0.4) is 0 Å². The Morgan fingerprint density at radius 1 is 1.35 bits per heavy atom. The number of rotatable bonds is 7. The third-order valence-corrected chi connectivity index (χ3v) is 6.39. The van der Waals surface area contributed by atoms with Crippen LogP contribution in [0.2, 0.25) is 0 Å². The van der Waals surface area contributed by atoms with Crippen molar-refractivity contribution in [3.05, 3.63) is 45.2 Å². The lowest BCUT2D eigenvalue weighted by molar-refractivity contribution is -0.385. The van der Waals surface area contributed by atoms with Crippen molar-refractivity contribution in [2.45, 2.75) is 30.1 Å². The van der Waals surface area contributed by atoms with E-state index in [9.17, 15) is 18.5 Å². The van der Waals surface area contributed by atoms with Crippen molar-refractivity contribution in [2.24, 2.45) is 0 Å². The zero-order chi connectivity index (χ0) is 18.3. The first-order chi connectivity index (χ1) is 12.4. The summed E-state index contributed by atoms with van der Waals surface area (Å²) < 4.78 is 28.8. The van der Waals surface area contributed by atoms with Gasteiger partial charge in [0.2, 0.25) is 15.0 Å². The molecule has 0 atom stereocenters. The van der Waals surface area contributed by atoms with Gasteiger partial charge in [-0.1, -0.05) is 17.4 Å². The molecule has 0 aliphatic heterocycles. The molecule has 26 heavy (non-hydrogen) atoms. The predicted octanol–water partition coefficient (Wildman–Crippen LogP) is 1.49. The molecule has 0 radical (unpaired) electrons. The molecular formula is C14H14N6O4S2. The maximum Gasteiger partial charge on any atom is 0.270 e. The lowest BCUT2D eigenvalue weighted by Crippen LogP contribution is -2.26. The van der Waals surface area contributed by atoms with Gasteiger partial charge in [-0.15, -0.1) is 10.2 Å². The molecule has 136 valence electrons. The van der Waals surface area contributed by atoms with Gasteiger partial charge in [0.15, 0.2) is 5.82 Å². The van der Waals surface area contributed by atoms with Gasteiger partial charge in [0, 0.05) is 31.0 Å². The largest absolute Gasteiger partial charge is 0.270 e. The SMILES string of the molecule is O=[N+]([O-])c1cccc(S(=O)(=O)NCCc2nn3c(C4CC4)nnc3s2)c1. The molecule has 0 spiro atoms. The van der Waals surface area contributed by atoms with Crippen molar-refractivity contribution in [2.75, 3.05) is 6.54 Å². The lowest BCUT2D eigenvalue weighted by Gasteiger charge is -2.05. The van der Waals surface area contributed by atoms with Crippen LogP contribution in [0, 0.1) is 10.1 Å². The standard InChI is InChI=1S/C14H14N6O4S2/c21-20(22)10-2-1-3-11(8-10)26(23,24)15-7-6-12-18-19-13(9-4-5-9)16-17-14(19)25-12/h1-3,8-9,15H,4-7H2. The van der Waals surface area contributed by atoms with E-state index in [1.807, 2.05) is 0 Å². The van der Waals surface area contributed by atoms with Crippen molar-refractivity contribution >= 4 is 32.0 Å². The van der Waals surface area contributed by atoms with Crippen LogP contribution in [0.15, 0.2) is 29.2 Å². The van der Waals surface area contributed by atoms with Crippen molar-refractivity contribution in [1.82, 2.24) is 24.5 Å². The van der Waals surface area contributed by atoms with Crippen LogP contribution in [-0.2, 0) is 16.4 Å². The minimum absolute atomic E-state index is 0.133. The van der Waals surface area contributed by atoms with Gasteiger partial charge in [-0.25, -0.2) is 13.1 Å². The Morgan fingerprint density at radius 3 is 2.88 bits per heavy atom. The summed E-state index contributed by atoms with van der Waals surface area (Å²) in [4.78, 5) is 10.7. The second-order valence-electron chi connectivity index (χ2n) is 5.92. The highest BCUT2D eigenvalue weighted by molar-refractivity contribution is 7.89. The van der Waals surface area contributed by atoms with Gasteiger partial charge in [-0.05, 0) is 18.9 Å². The highest BCUT2D eigenvalue weighted by atomic mass is 32.2. The van der Waals surface area contributed by atoms with Crippen molar-refractivity contribution < 1.29 is 13.3 Å². The Balaban J connectivity index is 1.43. The number of sulfonamides is 1. The number of fused-ring (bicyclic) bond motifs is 1. The monoisotopic (exact) mass is 394 g/mol. The van der Waals surface area contributed by atoms with E-state index in [0.29, 0.717) is 17.3 Å². The summed E-state index contributed by atoms with van der Waals surface area (Å²) in [6, 6.07) is 4.94. The molecule has 1 aliphatic rings. The average molecular weight is 394 g/mol. The molecule has 0 bridgehead atoms. The highest BCUT2D eigenvalue weighted by Gasteiger charge is 2.30. The van der Waals surface area contributed by atoms with Crippen LogP contribution in [0.1, 0.15) is 29.6 Å². The molecular weight excluding hydrogens is 380 g/mol. The Labute approximate surface area is 152 Å². The fraction of sp³-hybridized carbons (Fsp3) is 0.357. The zero-order valence-corrected chi connectivity index (χ0v) is 15.0. The number of nitro groups is 1. The molecule has 1 fully saturated rings. The zero-order valence-electron chi connectivity index (χ0n) is 13.4. The number of hydrogen-bond donors (Lipinski definition) is 1. The van der Waals surface area contributed by atoms with E-state index >= 15 is 0 Å². The van der Waals surface area contributed by atoms with Crippen LogP contribution in [0.25, 0.3) is 4.96 Å². The van der Waals surface area contributed by atoms with E-state index in [1.54, 1.807) is 4.52 Å². The van der Waals surface area contributed by atoms with Gasteiger partial charge in [0.1, 0.15) is 5.01 Å². The van der Waals surface area contributed by atoms with E-state index < -0.39 is 14.9 Å². The maximum absolute atomic E-state index is 12.3. The number of nitrogens with zero attached hydrogens (tertiary/aromatic N) is 5. The number of hydrogen-bond acceptors (Lipinski definition) is 8. The van der Waals surface area contributed by atoms with Gasteiger partial charge < -0.3 is 0 Å². The average Bonchev–Trinajstić information content (AvgIpc) is 3.25. The fourth-order valence-corrected chi connectivity index (χ4v) is 4.42. The molecule has 0 amide bonds. The van der Waals surface area contributed by atoms with E-state index in [0.717, 1.165) is 29.7 Å². The molecule has 3 aromatic rings. The van der Waals surface area contributed by atoms with Gasteiger partial charge in [0.25, 0.3) is 5.69 Å². The summed E-state index contributed by atoms with van der Waals surface area (Å²) in [6.45, 7) is 0.133. The summed E-state index contributed by atoms with van der Waals surface area (Å²) in [6.07, 6.45) is 2.58. The van der Waals surface area contributed by atoms with Gasteiger partial charge in [-0.3, -0.25) is 10.1 Å². The Morgan fingerprint density at radius 2 is 2.15 bits per heavy atom. The normalized spacial score (nSPS) is 14.8. The number of aromatic nitrogens is 4. The van der Waals surface area contributed by atoms with E-state index in [2.05, 4.69) is 20.0 Å². The lowest BCUT2D eigenvalue weighted by atomic mass is 10.3. The number of nitrogens with one attached hydrogen (secondary N) is 1. The first kappa shape index (κ1) is 17.0. The highest BCUT2D eigenvalue weighted by Crippen LogP contribution is 2.39. The van der Waals surface area contributed by atoms with E-state index in [4.69, 9.17) is 0 Å². The molecule has 1 aliphatic carbocycles. The van der Waals surface area contributed by atoms with E-state index in [-0.39, 0.29) is 17.1 Å². The van der Waals surface area contributed by atoms with Crippen LogP contribution in [0.4, 0.5) is 5.69 Å². The van der Waals surface area contributed by atoms with Crippen LogP contribution in [-0.4, -0.2) is 39.7 Å². The summed E-state index contributed by atoms with van der Waals surface area (Å²) >= 11 is 1.37. The summed E-state index contributed by atoms with van der Waals surface area (Å²) in [7, 11) is -3.83. The van der Waals surface area contributed by atoms with Crippen molar-refractivity contribution in [3.8, 4) is 0 Å². The van der Waals surface area contributed by atoms with Gasteiger partial charge in [-0.2, -0.15) is 9.61 Å². The molecule has 1 saturated carbocycles. The third kappa shape index (κ3) is 3.30. The van der Waals surface area contributed by atoms with E-state index in [1.165, 1.54) is 29.5 Å². The quantitative estimate of drug-likeness (QED) is 0.474. The van der Waals surface area contributed by atoms with Gasteiger partial charge >= 0.3 is 0 Å². The van der Waals surface area contributed by atoms with Crippen LogP contribution < -0.4 is 4.72 Å². The second kappa shape index (κ2) is 6.37. The smallest absolute Gasteiger partial charge is 0.258 e. The Hall–Kier alpha value is -2.44. The Kier molecular flexibility index (Phi) is 4.17. The first-order valence-corrected chi connectivity index (χ1v) is 10.2. The molecule has 2 aromatic heterocycles. The molecule has 1 N–H and O–H groups in total. The Bertz CT molecular complexity index is 1090. The molecule has 0 saturated heterocycles. The molecule has 1 aromatic carbocycles.